The van der Waals surface area contributed by atoms with Gasteiger partial charge in [-0.2, -0.15) is 0 Å². The topological polar surface area (TPSA) is 49.9 Å². The van der Waals surface area contributed by atoms with Crippen LogP contribution in [0.5, 0.6) is 5.75 Å². The summed E-state index contributed by atoms with van der Waals surface area (Å²) in [6.07, 6.45) is -0.628. The molecule has 0 bridgehead atoms. The molecule has 1 atom stereocenters. The molecule has 0 N–H and O–H groups in total. The second-order valence-corrected chi connectivity index (χ2v) is 5.33. The van der Waals surface area contributed by atoms with Crippen molar-refractivity contribution in [2.75, 3.05) is 26.7 Å². The first-order valence-electron chi connectivity index (χ1n) is 7.65. The number of nitrogens with zero attached hydrogens (tertiary/aromatic N) is 2. The van der Waals surface area contributed by atoms with Crippen molar-refractivity contribution in [3.63, 3.8) is 0 Å². The second-order valence-electron chi connectivity index (χ2n) is 5.33. The Morgan fingerprint density at radius 3 is 2.18 bits per heavy atom. The number of benzene rings is 1. The monoisotopic (exact) mass is 306 g/mol. The van der Waals surface area contributed by atoms with Gasteiger partial charge < -0.3 is 14.5 Å². The van der Waals surface area contributed by atoms with Crippen LogP contribution in [0.15, 0.2) is 24.3 Å². The van der Waals surface area contributed by atoms with Crippen LogP contribution in [0.25, 0.3) is 0 Å². The maximum Gasteiger partial charge on any atom is 0.263 e. The van der Waals surface area contributed by atoms with E-state index in [1.54, 1.807) is 18.9 Å². The number of hydrogen-bond donors (Lipinski definition) is 0. The van der Waals surface area contributed by atoms with E-state index >= 15 is 0 Å². The molecule has 0 radical (unpaired) electrons. The van der Waals surface area contributed by atoms with Gasteiger partial charge >= 0.3 is 0 Å². The molecule has 0 spiro atoms. The average molecular weight is 306 g/mol. The molecule has 0 saturated carbocycles. The predicted molar refractivity (Wildman–Crippen MR) is 86.8 cm³/mol. The number of amides is 2. The second kappa shape index (κ2) is 8.41. The minimum absolute atomic E-state index is 0.0524. The highest BCUT2D eigenvalue weighted by atomic mass is 16.5. The zero-order valence-electron chi connectivity index (χ0n) is 14.1. The van der Waals surface area contributed by atoms with E-state index in [-0.39, 0.29) is 18.4 Å². The molecule has 0 heterocycles. The number of carbonyl (C=O) groups excluding carboxylic acids is 2. The van der Waals surface area contributed by atoms with Crippen LogP contribution in [0.4, 0.5) is 0 Å². The standard InChI is InChI=1S/C17H26N2O3/c1-6-19(7-2)16(20)12-18(5)17(21)14(4)22-15-10-8-13(3)9-11-15/h8-11,14H,6-7,12H2,1-5H3. The van der Waals surface area contributed by atoms with E-state index in [9.17, 15) is 9.59 Å². The van der Waals surface area contributed by atoms with Crippen molar-refractivity contribution < 1.29 is 14.3 Å². The molecule has 1 rings (SSSR count). The van der Waals surface area contributed by atoms with Gasteiger partial charge in [-0.3, -0.25) is 9.59 Å². The summed E-state index contributed by atoms with van der Waals surface area (Å²) in [5, 5.41) is 0. The van der Waals surface area contributed by atoms with Gasteiger partial charge in [0, 0.05) is 20.1 Å². The van der Waals surface area contributed by atoms with Gasteiger partial charge in [-0.25, -0.2) is 0 Å². The average Bonchev–Trinajstić information content (AvgIpc) is 2.49. The molecular weight excluding hydrogens is 280 g/mol. The third kappa shape index (κ3) is 5.06. The molecule has 0 aromatic heterocycles. The van der Waals surface area contributed by atoms with Crippen molar-refractivity contribution in [1.82, 2.24) is 9.80 Å². The maximum atomic E-state index is 12.3. The molecule has 0 aliphatic carbocycles. The normalized spacial score (nSPS) is 11.7. The first-order chi connectivity index (χ1) is 10.4. The highest BCUT2D eigenvalue weighted by Crippen LogP contribution is 2.14. The Balaban J connectivity index is 2.58. The Labute approximate surface area is 132 Å². The van der Waals surface area contributed by atoms with Gasteiger partial charge in [-0.15, -0.1) is 0 Å². The van der Waals surface area contributed by atoms with Gasteiger partial charge in [0.1, 0.15) is 5.75 Å². The Hall–Kier alpha value is -2.04. The van der Waals surface area contributed by atoms with Gasteiger partial charge in [-0.1, -0.05) is 17.7 Å². The molecule has 0 aliphatic rings. The number of hydrogen-bond acceptors (Lipinski definition) is 3. The molecular formula is C17H26N2O3. The van der Waals surface area contributed by atoms with E-state index in [1.807, 2.05) is 45.0 Å². The molecule has 1 unspecified atom stereocenters. The third-order valence-electron chi connectivity index (χ3n) is 3.55. The minimum Gasteiger partial charge on any atom is -0.481 e. The minimum atomic E-state index is -0.628. The zero-order valence-corrected chi connectivity index (χ0v) is 14.1. The van der Waals surface area contributed by atoms with Crippen molar-refractivity contribution in [1.29, 1.82) is 0 Å². The van der Waals surface area contributed by atoms with Crippen molar-refractivity contribution in [3.05, 3.63) is 29.8 Å². The highest BCUT2D eigenvalue weighted by Gasteiger charge is 2.22. The molecule has 1 aromatic rings. The summed E-state index contributed by atoms with van der Waals surface area (Å²) in [6, 6.07) is 7.53. The SMILES string of the molecule is CCN(CC)C(=O)CN(C)C(=O)C(C)Oc1ccc(C)cc1. The van der Waals surface area contributed by atoms with E-state index < -0.39 is 6.10 Å². The number of ether oxygens (including phenoxy) is 1. The fourth-order valence-electron chi connectivity index (χ4n) is 2.14. The van der Waals surface area contributed by atoms with Crippen LogP contribution in [0, 0.1) is 6.92 Å². The Morgan fingerprint density at radius 1 is 1.14 bits per heavy atom. The van der Waals surface area contributed by atoms with Crippen LogP contribution in [0.3, 0.4) is 0 Å². The van der Waals surface area contributed by atoms with Crippen LogP contribution in [-0.2, 0) is 9.59 Å². The summed E-state index contributed by atoms with van der Waals surface area (Å²) in [6.45, 7) is 8.89. The molecule has 5 heteroatoms. The van der Waals surface area contributed by atoms with E-state index in [4.69, 9.17) is 4.74 Å². The first-order valence-corrected chi connectivity index (χ1v) is 7.65. The smallest absolute Gasteiger partial charge is 0.263 e. The third-order valence-corrected chi connectivity index (χ3v) is 3.55. The molecule has 122 valence electrons. The molecule has 0 saturated heterocycles. The zero-order chi connectivity index (χ0) is 16.7. The van der Waals surface area contributed by atoms with E-state index in [0.29, 0.717) is 18.8 Å². The summed E-state index contributed by atoms with van der Waals surface area (Å²) < 4.78 is 5.63. The molecule has 1 aromatic carbocycles. The summed E-state index contributed by atoms with van der Waals surface area (Å²) in [7, 11) is 1.62. The lowest BCUT2D eigenvalue weighted by Crippen LogP contribution is -2.45. The van der Waals surface area contributed by atoms with Crippen molar-refractivity contribution in [2.24, 2.45) is 0 Å². The first kappa shape index (κ1) is 18.0. The molecule has 5 nitrogen and oxygen atoms in total. The lowest BCUT2D eigenvalue weighted by atomic mass is 10.2. The lowest BCUT2D eigenvalue weighted by Gasteiger charge is -2.25. The summed E-state index contributed by atoms with van der Waals surface area (Å²) in [5.41, 5.74) is 1.13. The lowest BCUT2D eigenvalue weighted by molar-refractivity contribution is -0.143. The number of rotatable bonds is 7. The maximum absolute atomic E-state index is 12.3. The molecule has 22 heavy (non-hydrogen) atoms. The molecule has 0 aliphatic heterocycles. The van der Waals surface area contributed by atoms with E-state index in [0.717, 1.165) is 5.56 Å². The predicted octanol–water partition coefficient (Wildman–Crippen LogP) is 2.09. The summed E-state index contributed by atoms with van der Waals surface area (Å²) in [5.74, 6) is 0.388. The van der Waals surface area contributed by atoms with Crippen molar-refractivity contribution >= 4 is 11.8 Å². The van der Waals surface area contributed by atoms with Crippen molar-refractivity contribution in [3.8, 4) is 5.75 Å². The van der Waals surface area contributed by atoms with Crippen molar-refractivity contribution in [2.45, 2.75) is 33.8 Å². The number of likely N-dealkylation sites (N-methyl/N-ethyl adjacent to an activating group) is 2. The molecule has 0 fully saturated rings. The van der Waals surface area contributed by atoms with E-state index in [1.165, 1.54) is 4.90 Å². The largest absolute Gasteiger partial charge is 0.481 e. The number of carbonyl (C=O) groups is 2. The summed E-state index contributed by atoms with van der Waals surface area (Å²) in [4.78, 5) is 27.4. The van der Waals surface area contributed by atoms with Crippen LogP contribution >= 0.6 is 0 Å². The van der Waals surface area contributed by atoms with E-state index in [2.05, 4.69) is 0 Å². The summed E-state index contributed by atoms with van der Waals surface area (Å²) >= 11 is 0. The van der Waals surface area contributed by atoms with Gasteiger partial charge in [0.15, 0.2) is 6.10 Å². The fourth-order valence-corrected chi connectivity index (χ4v) is 2.14. The Morgan fingerprint density at radius 2 is 1.68 bits per heavy atom. The van der Waals surface area contributed by atoms with Gasteiger partial charge in [0.2, 0.25) is 5.91 Å². The molecule has 2 amide bonds. The van der Waals surface area contributed by atoms with Gasteiger partial charge in [0.25, 0.3) is 5.91 Å². The van der Waals surface area contributed by atoms with Crippen LogP contribution in [0.1, 0.15) is 26.3 Å². The Kier molecular flexibility index (Phi) is 6.89. The van der Waals surface area contributed by atoms with Crippen LogP contribution in [0.2, 0.25) is 0 Å². The van der Waals surface area contributed by atoms with Crippen LogP contribution in [-0.4, -0.2) is 54.4 Å². The Bertz CT molecular complexity index is 495. The fraction of sp³-hybridized carbons (Fsp3) is 0.529. The van der Waals surface area contributed by atoms with Crippen LogP contribution < -0.4 is 4.74 Å². The highest BCUT2D eigenvalue weighted by molar-refractivity contribution is 5.86. The quantitative estimate of drug-likeness (QED) is 0.775. The van der Waals surface area contributed by atoms with Gasteiger partial charge in [0.05, 0.1) is 6.54 Å². The van der Waals surface area contributed by atoms with Gasteiger partial charge in [-0.05, 0) is 39.8 Å². The number of aryl methyl sites for hydroxylation is 1.